The highest BCUT2D eigenvalue weighted by molar-refractivity contribution is 7.85. The number of carbonyl (C=O) groups excluding carboxylic acids is 1. The SMILES string of the molecule is O=C(C=Cc1ccccc1S(=O)(=O)O)c1ccccc1. The molecule has 0 atom stereocenters. The Balaban J connectivity index is 2.32. The Labute approximate surface area is 117 Å². The Morgan fingerprint density at radius 1 is 0.950 bits per heavy atom. The van der Waals surface area contributed by atoms with Crippen LogP contribution in [0.25, 0.3) is 6.08 Å². The smallest absolute Gasteiger partial charge is 0.289 e. The van der Waals surface area contributed by atoms with Gasteiger partial charge in [0.15, 0.2) is 5.78 Å². The van der Waals surface area contributed by atoms with Gasteiger partial charge in [0.05, 0.1) is 0 Å². The van der Waals surface area contributed by atoms with Crippen LogP contribution in [0.5, 0.6) is 0 Å². The molecule has 0 unspecified atom stereocenters. The molecule has 0 aliphatic heterocycles. The lowest BCUT2D eigenvalue weighted by molar-refractivity contribution is 0.104. The fourth-order valence-corrected chi connectivity index (χ4v) is 2.40. The van der Waals surface area contributed by atoms with Crippen molar-refractivity contribution in [1.29, 1.82) is 0 Å². The summed E-state index contributed by atoms with van der Waals surface area (Å²) in [5, 5.41) is 0. The van der Waals surface area contributed by atoms with E-state index in [9.17, 15) is 13.2 Å². The topological polar surface area (TPSA) is 71.4 Å². The number of allylic oxidation sites excluding steroid dienone is 1. The van der Waals surface area contributed by atoms with Gasteiger partial charge in [0.25, 0.3) is 10.1 Å². The van der Waals surface area contributed by atoms with Gasteiger partial charge in [0.1, 0.15) is 4.90 Å². The van der Waals surface area contributed by atoms with E-state index >= 15 is 0 Å². The molecule has 0 heterocycles. The zero-order chi connectivity index (χ0) is 14.6. The molecule has 4 nitrogen and oxygen atoms in total. The molecule has 0 aliphatic carbocycles. The van der Waals surface area contributed by atoms with Gasteiger partial charge in [-0.15, -0.1) is 0 Å². The highest BCUT2D eigenvalue weighted by Crippen LogP contribution is 2.16. The molecule has 0 saturated carbocycles. The van der Waals surface area contributed by atoms with Crippen molar-refractivity contribution in [2.45, 2.75) is 4.90 Å². The van der Waals surface area contributed by atoms with Crippen LogP contribution in [0.4, 0.5) is 0 Å². The van der Waals surface area contributed by atoms with Gasteiger partial charge in [-0.1, -0.05) is 48.5 Å². The van der Waals surface area contributed by atoms with Crippen molar-refractivity contribution in [3.05, 3.63) is 71.8 Å². The summed E-state index contributed by atoms with van der Waals surface area (Å²) in [5.41, 5.74) is 0.771. The average molecular weight is 288 g/mol. The van der Waals surface area contributed by atoms with Crippen LogP contribution in [0.15, 0.2) is 65.6 Å². The number of benzene rings is 2. The molecule has 0 saturated heterocycles. The largest absolute Gasteiger partial charge is 0.295 e. The monoisotopic (exact) mass is 288 g/mol. The Hall–Kier alpha value is -2.24. The van der Waals surface area contributed by atoms with E-state index in [4.69, 9.17) is 4.55 Å². The summed E-state index contributed by atoms with van der Waals surface area (Å²) in [6.45, 7) is 0. The maximum atomic E-state index is 11.9. The first kappa shape index (κ1) is 14.2. The standard InChI is InChI=1S/C15H12O4S/c16-14(12-6-2-1-3-7-12)11-10-13-8-4-5-9-15(13)20(17,18)19/h1-11H,(H,17,18,19). The molecule has 0 aliphatic rings. The fourth-order valence-electron chi connectivity index (χ4n) is 1.72. The number of hydrogen-bond acceptors (Lipinski definition) is 3. The van der Waals surface area contributed by atoms with E-state index in [1.165, 1.54) is 30.4 Å². The van der Waals surface area contributed by atoms with Crippen LogP contribution in [0, 0.1) is 0 Å². The van der Waals surface area contributed by atoms with Crippen molar-refractivity contribution in [3.63, 3.8) is 0 Å². The third-order valence-corrected chi connectivity index (χ3v) is 3.60. The highest BCUT2D eigenvalue weighted by Gasteiger charge is 2.12. The van der Waals surface area contributed by atoms with Crippen molar-refractivity contribution in [1.82, 2.24) is 0 Å². The van der Waals surface area contributed by atoms with Gasteiger partial charge in [-0.2, -0.15) is 8.42 Å². The molecule has 1 N–H and O–H groups in total. The molecule has 0 fully saturated rings. The van der Waals surface area contributed by atoms with Crippen molar-refractivity contribution in [3.8, 4) is 0 Å². The first-order chi connectivity index (χ1) is 9.48. The van der Waals surface area contributed by atoms with E-state index in [2.05, 4.69) is 0 Å². The third kappa shape index (κ3) is 3.40. The molecule has 5 heteroatoms. The summed E-state index contributed by atoms with van der Waals surface area (Å²) >= 11 is 0. The van der Waals surface area contributed by atoms with Crippen molar-refractivity contribution in [2.75, 3.05) is 0 Å². The average Bonchev–Trinajstić information content (AvgIpc) is 2.45. The number of hydrogen-bond donors (Lipinski definition) is 1. The minimum atomic E-state index is -4.31. The Morgan fingerprint density at radius 2 is 1.55 bits per heavy atom. The third-order valence-electron chi connectivity index (χ3n) is 2.67. The van der Waals surface area contributed by atoms with E-state index in [0.717, 1.165) is 0 Å². The minimum absolute atomic E-state index is 0.225. The number of rotatable bonds is 4. The molecule has 2 aromatic rings. The van der Waals surface area contributed by atoms with Gasteiger partial charge < -0.3 is 0 Å². The van der Waals surface area contributed by atoms with Crippen LogP contribution in [-0.2, 0) is 10.1 Å². The summed E-state index contributed by atoms with van der Waals surface area (Å²) in [6, 6.07) is 14.5. The van der Waals surface area contributed by atoms with Gasteiger partial charge >= 0.3 is 0 Å². The normalized spacial score (nSPS) is 11.7. The van der Waals surface area contributed by atoms with Crippen molar-refractivity contribution < 1.29 is 17.8 Å². The molecule has 102 valence electrons. The molecule has 0 bridgehead atoms. The van der Waals surface area contributed by atoms with Gasteiger partial charge in [-0.05, 0) is 23.8 Å². The molecule has 0 radical (unpaired) electrons. The zero-order valence-electron chi connectivity index (χ0n) is 10.4. The maximum absolute atomic E-state index is 11.9. The van der Waals surface area contributed by atoms with E-state index < -0.39 is 10.1 Å². The van der Waals surface area contributed by atoms with E-state index in [1.54, 1.807) is 36.4 Å². The van der Waals surface area contributed by atoms with E-state index in [-0.39, 0.29) is 16.2 Å². The van der Waals surface area contributed by atoms with Gasteiger partial charge in [0, 0.05) is 5.56 Å². The van der Waals surface area contributed by atoms with Gasteiger partial charge in [-0.25, -0.2) is 0 Å². The predicted octanol–water partition coefficient (Wildman–Crippen LogP) is 2.83. The summed E-state index contributed by atoms with van der Waals surface area (Å²) in [5.74, 6) is -0.240. The summed E-state index contributed by atoms with van der Waals surface area (Å²) in [4.78, 5) is 11.7. The lowest BCUT2D eigenvalue weighted by atomic mass is 10.1. The van der Waals surface area contributed by atoms with Gasteiger partial charge in [0.2, 0.25) is 0 Å². The minimum Gasteiger partial charge on any atom is -0.289 e. The molecular formula is C15H12O4S. The summed E-state index contributed by atoms with van der Waals surface area (Å²) in [7, 11) is -4.31. The molecule has 0 aromatic heterocycles. The second-order valence-electron chi connectivity index (χ2n) is 4.08. The second-order valence-corrected chi connectivity index (χ2v) is 5.47. The van der Waals surface area contributed by atoms with Crippen molar-refractivity contribution in [2.24, 2.45) is 0 Å². The van der Waals surface area contributed by atoms with Gasteiger partial charge in [-0.3, -0.25) is 9.35 Å². The van der Waals surface area contributed by atoms with Crippen LogP contribution in [0.1, 0.15) is 15.9 Å². The highest BCUT2D eigenvalue weighted by atomic mass is 32.2. The molecule has 0 amide bonds. The predicted molar refractivity (Wildman–Crippen MR) is 76.1 cm³/mol. The second kappa shape index (κ2) is 5.81. The lowest BCUT2D eigenvalue weighted by Gasteiger charge is -2.01. The summed E-state index contributed by atoms with van der Waals surface area (Å²) < 4.78 is 31.5. The quantitative estimate of drug-likeness (QED) is 0.533. The summed E-state index contributed by atoms with van der Waals surface area (Å²) in [6.07, 6.45) is 2.65. The number of carbonyl (C=O) groups is 1. The van der Waals surface area contributed by atoms with E-state index in [1.807, 2.05) is 0 Å². The first-order valence-electron chi connectivity index (χ1n) is 5.82. The van der Waals surface area contributed by atoms with Crippen LogP contribution in [0.3, 0.4) is 0 Å². The molecule has 20 heavy (non-hydrogen) atoms. The molecule has 2 aromatic carbocycles. The first-order valence-corrected chi connectivity index (χ1v) is 7.26. The van der Waals surface area contributed by atoms with E-state index in [0.29, 0.717) is 5.56 Å². The maximum Gasteiger partial charge on any atom is 0.295 e. The molecule has 2 rings (SSSR count). The molecule has 0 spiro atoms. The zero-order valence-corrected chi connectivity index (χ0v) is 11.2. The van der Waals surface area contributed by atoms with Crippen LogP contribution < -0.4 is 0 Å². The number of ketones is 1. The Morgan fingerprint density at radius 3 is 2.20 bits per heavy atom. The molecular weight excluding hydrogens is 276 g/mol. The Kier molecular flexibility index (Phi) is 4.12. The van der Waals surface area contributed by atoms with Crippen LogP contribution in [-0.4, -0.2) is 18.8 Å². The lowest BCUT2D eigenvalue weighted by Crippen LogP contribution is -2.00. The fraction of sp³-hybridized carbons (Fsp3) is 0. The van der Waals surface area contributed by atoms with Crippen molar-refractivity contribution >= 4 is 22.0 Å². The van der Waals surface area contributed by atoms with Crippen LogP contribution in [0.2, 0.25) is 0 Å². The Bertz CT molecular complexity index is 746. The van der Waals surface area contributed by atoms with Crippen LogP contribution >= 0.6 is 0 Å².